The van der Waals surface area contributed by atoms with E-state index in [0.717, 1.165) is 38.5 Å². The van der Waals surface area contributed by atoms with Gasteiger partial charge in [-0.05, 0) is 25.7 Å². The molecule has 0 aliphatic heterocycles. The van der Waals surface area contributed by atoms with Gasteiger partial charge in [-0.3, -0.25) is 4.79 Å². The molecular weight excluding hydrogens is 378 g/mol. The Morgan fingerprint density at radius 1 is 0.857 bits per heavy atom. The maximum absolute atomic E-state index is 13.0. The van der Waals surface area contributed by atoms with Crippen LogP contribution in [0.2, 0.25) is 0 Å². The first-order valence-corrected chi connectivity index (χ1v) is 11.4. The SMILES string of the molecule is CCCCCC(O)(CCCCC)C(O)(CCCCC)C(=O)NC(CS)C(=O)O. The number of carboxylic acids is 1. The second-order valence-corrected chi connectivity index (χ2v) is 8.18. The number of aliphatic carboxylic acids is 1. The van der Waals surface area contributed by atoms with Crippen molar-refractivity contribution in [3.63, 3.8) is 0 Å². The Labute approximate surface area is 175 Å². The summed E-state index contributed by atoms with van der Waals surface area (Å²) in [5, 5.41) is 34.6. The van der Waals surface area contributed by atoms with Crippen LogP contribution in [0.15, 0.2) is 0 Å². The van der Waals surface area contributed by atoms with E-state index in [0.29, 0.717) is 32.1 Å². The fourth-order valence-corrected chi connectivity index (χ4v) is 3.77. The molecule has 28 heavy (non-hydrogen) atoms. The lowest BCUT2D eigenvalue weighted by Gasteiger charge is -2.43. The molecule has 0 aromatic rings. The second-order valence-electron chi connectivity index (χ2n) is 7.81. The normalized spacial score (nSPS) is 15.1. The number of thiol groups is 1. The molecule has 4 N–H and O–H groups in total. The fourth-order valence-electron chi connectivity index (χ4n) is 3.52. The van der Waals surface area contributed by atoms with E-state index in [-0.39, 0.29) is 12.2 Å². The van der Waals surface area contributed by atoms with E-state index in [4.69, 9.17) is 0 Å². The smallest absolute Gasteiger partial charge is 0.327 e. The Balaban J connectivity index is 5.72. The molecule has 0 heterocycles. The maximum Gasteiger partial charge on any atom is 0.327 e. The summed E-state index contributed by atoms with van der Waals surface area (Å²) in [6, 6.07) is -1.20. The average molecular weight is 420 g/mol. The Hall–Kier alpha value is -0.790. The lowest BCUT2D eigenvalue weighted by atomic mass is 9.72. The van der Waals surface area contributed by atoms with Crippen molar-refractivity contribution in [3.8, 4) is 0 Å². The van der Waals surface area contributed by atoms with Crippen LogP contribution in [-0.4, -0.2) is 50.2 Å². The van der Waals surface area contributed by atoms with Gasteiger partial charge in [0.1, 0.15) is 11.6 Å². The third-order valence-corrected chi connectivity index (χ3v) is 5.83. The molecule has 6 nitrogen and oxygen atoms in total. The number of unbranched alkanes of at least 4 members (excludes halogenated alkanes) is 6. The summed E-state index contributed by atoms with van der Waals surface area (Å²) >= 11 is 3.98. The van der Waals surface area contributed by atoms with Crippen LogP contribution < -0.4 is 5.32 Å². The van der Waals surface area contributed by atoms with Crippen molar-refractivity contribution >= 4 is 24.5 Å². The minimum absolute atomic E-state index is 0.0871. The molecule has 2 atom stereocenters. The lowest BCUT2D eigenvalue weighted by Crippen LogP contribution is -2.64. The number of amides is 1. The van der Waals surface area contributed by atoms with Crippen LogP contribution in [0.5, 0.6) is 0 Å². The van der Waals surface area contributed by atoms with Gasteiger partial charge in [-0.2, -0.15) is 12.6 Å². The first-order chi connectivity index (χ1) is 13.2. The maximum atomic E-state index is 13.0. The first-order valence-electron chi connectivity index (χ1n) is 10.8. The zero-order valence-electron chi connectivity index (χ0n) is 17.9. The molecule has 0 bridgehead atoms. The predicted molar refractivity (Wildman–Crippen MR) is 116 cm³/mol. The Morgan fingerprint density at radius 2 is 1.29 bits per heavy atom. The van der Waals surface area contributed by atoms with Crippen LogP contribution in [0.3, 0.4) is 0 Å². The van der Waals surface area contributed by atoms with Crippen molar-refractivity contribution in [2.24, 2.45) is 0 Å². The molecule has 0 aromatic heterocycles. The molecule has 7 heteroatoms. The molecule has 0 fully saturated rings. The molecule has 0 aromatic carbocycles. The predicted octanol–water partition coefficient (Wildman–Crippen LogP) is 3.69. The van der Waals surface area contributed by atoms with Gasteiger partial charge in [0.2, 0.25) is 0 Å². The van der Waals surface area contributed by atoms with Crippen molar-refractivity contribution in [3.05, 3.63) is 0 Å². The van der Waals surface area contributed by atoms with Gasteiger partial charge in [-0.15, -0.1) is 0 Å². The minimum atomic E-state index is -2.01. The number of hydrogen-bond acceptors (Lipinski definition) is 5. The fraction of sp³-hybridized carbons (Fsp3) is 0.905. The van der Waals surface area contributed by atoms with Gasteiger partial charge >= 0.3 is 5.97 Å². The Bertz CT molecular complexity index is 450. The van der Waals surface area contributed by atoms with E-state index in [2.05, 4.69) is 31.8 Å². The van der Waals surface area contributed by atoms with Crippen molar-refractivity contribution < 1.29 is 24.9 Å². The van der Waals surface area contributed by atoms with Crippen molar-refractivity contribution in [2.75, 3.05) is 5.75 Å². The topological polar surface area (TPSA) is 107 Å². The number of rotatable bonds is 17. The van der Waals surface area contributed by atoms with Crippen LogP contribution in [0.25, 0.3) is 0 Å². The molecule has 0 radical (unpaired) electrons. The summed E-state index contributed by atoms with van der Waals surface area (Å²) in [6.45, 7) is 6.13. The molecule has 166 valence electrons. The highest BCUT2D eigenvalue weighted by atomic mass is 32.1. The largest absolute Gasteiger partial charge is 0.480 e. The minimum Gasteiger partial charge on any atom is -0.480 e. The highest BCUT2D eigenvalue weighted by Crippen LogP contribution is 2.37. The van der Waals surface area contributed by atoms with Gasteiger partial charge in [0.05, 0.1) is 0 Å². The third-order valence-electron chi connectivity index (χ3n) is 5.46. The van der Waals surface area contributed by atoms with Gasteiger partial charge in [-0.25, -0.2) is 4.79 Å². The van der Waals surface area contributed by atoms with Gasteiger partial charge in [0, 0.05) is 5.75 Å². The number of nitrogens with one attached hydrogen (secondary N) is 1. The highest BCUT2D eigenvalue weighted by molar-refractivity contribution is 7.80. The zero-order chi connectivity index (χ0) is 21.6. The average Bonchev–Trinajstić information content (AvgIpc) is 2.65. The zero-order valence-corrected chi connectivity index (χ0v) is 18.8. The van der Waals surface area contributed by atoms with Gasteiger partial charge in [0.25, 0.3) is 5.91 Å². The third kappa shape index (κ3) is 8.29. The van der Waals surface area contributed by atoms with Crippen LogP contribution in [0.1, 0.15) is 97.8 Å². The van der Waals surface area contributed by atoms with E-state index in [1.54, 1.807) is 0 Å². The molecule has 0 rings (SSSR count). The summed E-state index contributed by atoms with van der Waals surface area (Å²) in [4.78, 5) is 24.3. The van der Waals surface area contributed by atoms with Crippen molar-refractivity contribution in [2.45, 2.75) is 115 Å². The molecule has 2 unspecified atom stereocenters. The first kappa shape index (κ1) is 27.2. The van der Waals surface area contributed by atoms with E-state index < -0.39 is 29.1 Å². The second kappa shape index (κ2) is 14.2. The molecule has 0 spiro atoms. The lowest BCUT2D eigenvalue weighted by molar-refractivity contribution is -0.185. The summed E-state index contributed by atoms with van der Waals surface area (Å²) in [6.07, 6.45) is 8.21. The van der Waals surface area contributed by atoms with E-state index in [1.165, 1.54) is 0 Å². The van der Waals surface area contributed by atoms with E-state index >= 15 is 0 Å². The molecule has 1 amide bonds. The van der Waals surface area contributed by atoms with Crippen LogP contribution in [0, 0.1) is 0 Å². The van der Waals surface area contributed by atoms with Crippen LogP contribution >= 0.6 is 12.6 Å². The number of aliphatic hydroxyl groups is 2. The standard InChI is InChI=1S/C21H41NO5S/c1-4-7-10-13-20(26,14-11-8-5-2)21(27,15-12-9-6-3)19(25)22-17(16-28)18(23)24/h17,26-28H,4-16H2,1-3H3,(H,22,25)(H,23,24). The van der Waals surface area contributed by atoms with Crippen molar-refractivity contribution in [1.29, 1.82) is 0 Å². The number of carbonyl (C=O) groups excluding carboxylic acids is 1. The summed E-state index contributed by atoms with van der Waals surface area (Å²) in [7, 11) is 0. The summed E-state index contributed by atoms with van der Waals surface area (Å²) in [5.74, 6) is -2.10. The number of hydrogen-bond donors (Lipinski definition) is 5. The quantitative estimate of drug-likeness (QED) is 0.183. The molecule has 0 saturated carbocycles. The number of carboxylic acid groups (broad SMARTS) is 1. The van der Waals surface area contributed by atoms with Gasteiger partial charge in [-0.1, -0.05) is 72.1 Å². The van der Waals surface area contributed by atoms with Gasteiger partial charge in [0.15, 0.2) is 5.60 Å². The van der Waals surface area contributed by atoms with Crippen LogP contribution in [0.4, 0.5) is 0 Å². The van der Waals surface area contributed by atoms with E-state index in [9.17, 15) is 24.9 Å². The Kier molecular flexibility index (Phi) is 13.8. The summed E-state index contributed by atoms with van der Waals surface area (Å²) in [5.41, 5.74) is -3.59. The molecular formula is C21H41NO5S. The highest BCUT2D eigenvalue weighted by Gasteiger charge is 2.53. The molecule has 0 aliphatic carbocycles. The van der Waals surface area contributed by atoms with Crippen LogP contribution in [-0.2, 0) is 9.59 Å². The van der Waals surface area contributed by atoms with Crippen molar-refractivity contribution in [1.82, 2.24) is 5.32 Å². The van der Waals surface area contributed by atoms with Gasteiger partial charge < -0.3 is 20.6 Å². The molecule has 0 aliphatic rings. The monoisotopic (exact) mass is 419 g/mol. The Morgan fingerprint density at radius 3 is 1.64 bits per heavy atom. The molecule has 0 saturated heterocycles. The van der Waals surface area contributed by atoms with E-state index in [1.807, 2.05) is 6.92 Å². The number of carbonyl (C=O) groups is 2. The summed E-state index contributed by atoms with van der Waals surface area (Å²) < 4.78 is 0.